The molecule has 0 aliphatic rings. The zero-order chi connectivity index (χ0) is 26.1. The minimum absolute atomic E-state index is 0.200. The van der Waals surface area contributed by atoms with Gasteiger partial charge in [-0.3, -0.25) is 0 Å². The zero-order valence-electron chi connectivity index (χ0n) is 20.6. The first-order chi connectivity index (χ1) is 17.4. The summed E-state index contributed by atoms with van der Waals surface area (Å²) < 4.78 is 19.7. The van der Waals surface area contributed by atoms with Gasteiger partial charge in [0.1, 0.15) is 11.5 Å². The second kappa shape index (κ2) is 12.7. The third kappa shape index (κ3) is 6.79. The number of methoxy groups -OCH3 is 2. The Balaban J connectivity index is 0.000000253. The van der Waals surface area contributed by atoms with E-state index in [2.05, 4.69) is 39.1 Å². The Hall–Kier alpha value is -3.97. The van der Waals surface area contributed by atoms with Gasteiger partial charge in [0.15, 0.2) is 0 Å². The number of alkyl halides is 1. The molecule has 2 aromatic heterocycles. The molecule has 36 heavy (non-hydrogen) atoms. The van der Waals surface area contributed by atoms with E-state index in [4.69, 9.17) is 20.4 Å². The second-order valence-electron chi connectivity index (χ2n) is 7.80. The number of furan rings is 2. The molecule has 0 atom stereocenters. The van der Waals surface area contributed by atoms with Crippen LogP contribution in [0.5, 0.6) is 0 Å². The summed E-state index contributed by atoms with van der Waals surface area (Å²) in [5, 5.41) is 3.34. The van der Waals surface area contributed by atoms with Crippen molar-refractivity contribution in [3.05, 3.63) is 101 Å². The molecule has 0 amide bonds. The van der Waals surface area contributed by atoms with E-state index in [0.29, 0.717) is 23.9 Å². The van der Waals surface area contributed by atoms with Crippen molar-refractivity contribution >= 4 is 29.2 Å². The van der Waals surface area contributed by atoms with E-state index in [1.807, 2.05) is 37.3 Å². The molecule has 0 fully saturated rings. The lowest BCUT2D eigenvalue weighted by Gasteiger charge is -2.07. The van der Waals surface area contributed by atoms with Gasteiger partial charge >= 0.3 is 11.9 Å². The standard InChI is InChI=1S/C20H19NO3.C8H9ClO3/c1-14-17(12-19(24-14)20(22)23-2)13-21-18-10-8-16(9-11-18)15-6-4-3-5-7-15;1-5-6(4-9)3-7(12-5)8(10)11-2/h3-12,21H,13H2,1-2H3;3H,4H2,1-2H3. The van der Waals surface area contributed by atoms with Crippen molar-refractivity contribution in [2.24, 2.45) is 0 Å². The van der Waals surface area contributed by atoms with E-state index >= 15 is 0 Å². The molecule has 0 spiro atoms. The number of carbonyl (C=O) groups is 2. The van der Waals surface area contributed by atoms with Gasteiger partial charge in [-0.25, -0.2) is 9.59 Å². The summed E-state index contributed by atoms with van der Waals surface area (Å²) in [4.78, 5) is 22.4. The molecule has 8 heteroatoms. The molecule has 0 aliphatic carbocycles. The van der Waals surface area contributed by atoms with Gasteiger partial charge in [-0.05, 0) is 49.2 Å². The smallest absolute Gasteiger partial charge is 0.373 e. The number of benzene rings is 2. The average Bonchev–Trinajstić information content (AvgIpc) is 3.49. The van der Waals surface area contributed by atoms with Crippen LogP contribution in [0.4, 0.5) is 5.69 Å². The van der Waals surface area contributed by atoms with Crippen LogP contribution in [-0.2, 0) is 21.9 Å². The van der Waals surface area contributed by atoms with Gasteiger partial charge in [0.25, 0.3) is 0 Å². The molecule has 2 heterocycles. The first-order valence-corrected chi connectivity index (χ1v) is 11.7. The van der Waals surface area contributed by atoms with Crippen molar-refractivity contribution in [2.45, 2.75) is 26.3 Å². The maximum atomic E-state index is 11.5. The quantitative estimate of drug-likeness (QED) is 0.217. The Labute approximate surface area is 215 Å². The van der Waals surface area contributed by atoms with Crippen LogP contribution in [-0.4, -0.2) is 26.2 Å². The van der Waals surface area contributed by atoms with E-state index in [1.54, 1.807) is 19.1 Å². The van der Waals surface area contributed by atoms with Crippen LogP contribution in [0, 0.1) is 13.8 Å². The van der Waals surface area contributed by atoms with E-state index < -0.39 is 11.9 Å². The molecule has 4 aromatic rings. The van der Waals surface area contributed by atoms with Crippen LogP contribution in [0.1, 0.15) is 43.8 Å². The molecule has 188 valence electrons. The SMILES string of the molecule is COC(=O)c1cc(CCl)c(C)o1.COC(=O)c1cc(CNc2ccc(-c3ccccc3)cc2)c(C)o1. The molecule has 2 aromatic carbocycles. The molecule has 4 rings (SSSR count). The number of rotatable bonds is 7. The normalized spacial score (nSPS) is 10.2. The first-order valence-electron chi connectivity index (χ1n) is 11.2. The highest BCUT2D eigenvalue weighted by Crippen LogP contribution is 2.22. The number of anilines is 1. The second-order valence-corrected chi connectivity index (χ2v) is 8.07. The third-order valence-corrected chi connectivity index (χ3v) is 5.72. The monoisotopic (exact) mass is 509 g/mol. The third-order valence-electron chi connectivity index (χ3n) is 5.43. The molecule has 0 unspecified atom stereocenters. The lowest BCUT2D eigenvalue weighted by atomic mass is 10.1. The van der Waals surface area contributed by atoms with Crippen molar-refractivity contribution in [3.63, 3.8) is 0 Å². The van der Waals surface area contributed by atoms with Crippen molar-refractivity contribution in [1.82, 2.24) is 0 Å². The fourth-order valence-corrected chi connectivity index (χ4v) is 3.62. The molecule has 0 radical (unpaired) electrons. The highest BCUT2D eigenvalue weighted by molar-refractivity contribution is 6.17. The number of nitrogens with one attached hydrogen (secondary N) is 1. The largest absolute Gasteiger partial charge is 0.463 e. The van der Waals surface area contributed by atoms with Crippen LogP contribution in [0.25, 0.3) is 11.1 Å². The predicted octanol–water partition coefficient (Wildman–Crippen LogP) is 6.77. The fraction of sp³-hybridized carbons (Fsp3) is 0.214. The molecule has 0 aliphatic heterocycles. The van der Waals surface area contributed by atoms with Crippen LogP contribution in [0.2, 0.25) is 0 Å². The van der Waals surface area contributed by atoms with E-state index in [-0.39, 0.29) is 11.5 Å². The molecule has 1 N–H and O–H groups in total. The number of halogens is 1. The van der Waals surface area contributed by atoms with Crippen molar-refractivity contribution in [2.75, 3.05) is 19.5 Å². The van der Waals surface area contributed by atoms with Gasteiger partial charge in [0.05, 0.1) is 20.1 Å². The Morgan fingerprint density at radius 3 is 1.78 bits per heavy atom. The summed E-state index contributed by atoms with van der Waals surface area (Å²) in [7, 11) is 2.65. The van der Waals surface area contributed by atoms with E-state index in [1.165, 1.54) is 25.3 Å². The zero-order valence-corrected chi connectivity index (χ0v) is 21.3. The van der Waals surface area contributed by atoms with Gasteiger partial charge < -0.3 is 23.6 Å². The van der Waals surface area contributed by atoms with Crippen LogP contribution in [0.3, 0.4) is 0 Å². The Kier molecular flexibility index (Phi) is 9.36. The summed E-state index contributed by atoms with van der Waals surface area (Å²) in [6.07, 6.45) is 0. The van der Waals surface area contributed by atoms with E-state index in [0.717, 1.165) is 16.8 Å². The predicted molar refractivity (Wildman–Crippen MR) is 138 cm³/mol. The summed E-state index contributed by atoms with van der Waals surface area (Å²) >= 11 is 5.58. The molecule has 0 saturated carbocycles. The molecular weight excluding hydrogens is 482 g/mol. The number of hydrogen-bond acceptors (Lipinski definition) is 7. The van der Waals surface area contributed by atoms with Crippen molar-refractivity contribution < 1.29 is 27.9 Å². The topological polar surface area (TPSA) is 90.9 Å². The summed E-state index contributed by atoms with van der Waals surface area (Å²) in [6, 6.07) is 21.8. The van der Waals surface area contributed by atoms with Gasteiger partial charge in [-0.1, -0.05) is 42.5 Å². The van der Waals surface area contributed by atoms with E-state index in [9.17, 15) is 9.59 Å². The minimum Gasteiger partial charge on any atom is -0.463 e. The summed E-state index contributed by atoms with van der Waals surface area (Å²) in [6.45, 7) is 4.17. The van der Waals surface area contributed by atoms with Gasteiger partial charge in [-0.15, -0.1) is 11.6 Å². The lowest BCUT2D eigenvalue weighted by Crippen LogP contribution is -2.00. The highest BCUT2D eigenvalue weighted by Gasteiger charge is 2.15. The van der Waals surface area contributed by atoms with Gasteiger partial charge in [-0.2, -0.15) is 0 Å². The highest BCUT2D eigenvalue weighted by atomic mass is 35.5. The lowest BCUT2D eigenvalue weighted by molar-refractivity contribution is 0.0556. The minimum atomic E-state index is -0.477. The van der Waals surface area contributed by atoms with Crippen LogP contribution in [0.15, 0.2) is 75.6 Å². The molecule has 0 bridgehead atoms. The van der Waals surface area contributed by atoms with Crippen LogP contribution < -0.4 is 5.32 Å². The first kappa shape index (κ1) is 26.6. The molecular formula is C28H28ClNO6. The maximum Gasteiger partial charge on any atom is 0.373 e. The van der Waals surface area contributed by atoms with Crippen LogP contribution >= 0.6 is 11.6 Å². The fourth-order valence-electron chi connectivity index (χ4n) is 3.36. The van der Waals surface area contributed by atoms with Crippen molar-refractivity contribution in [3.8, 4) is 11.1 Å². The van der Waals surface area contributed by atoms with Gasteiger partial charge in [0, 0.05) is 23.4 Å². The van der Waals surface area contributed by atoms with Crippen molar-refractivity contribution in [1.29, 1.82) is 0 Å². The average molecular weight is 510 g/mol. The Bertz CT molecular complexity index is 1290. The summed E-state index contributed by atoms with van der Waals surface area (Å²) in [5.74, 6) is 1.20. The number of carbonyl (C=O) groups excluding carboxylic acids is 2. The molecule has 0 saturated heterocycles. The molecule has 7 nitrogen and oxygen atoms in total. The Morgan fingerprint density at radius 2 is 1.28 bits per heavy atom. The number of hydrogen-bond donors (Lipinski definition) is 1. The van der Waals surface area contributed by atoms with Gasteiger partial charge in [0.2, 0.25) is 11.5 Å². The number of ether oxygens (including phenoxy) is 2. The number of esters is 2. The summed E-state index contributed by atoms with van der Waals surface area (Å²) in [5.41, 5.74) is 5.13. The Morgan fingerprint density at radius 1 is 0.778 bits per heavy atom. The number of aryl methyl sites for hydroxylation is 2. The maximum absolute atomic E-state index is 11.5.